The third-order valence-corrected chi connectivity index (χ3v) is 3.29. The van der Waals surface area contributed by atoms with Crippen molar-refractivity contribution >= 4 is 11.9 Å². The Hall–Kier alpha value is -2.04. The minimum absolute atomic E-state index is 0.102. The zero-order valence-electron chi connectivity index (χ0n) is 11.5. The summed E-state index contributed by atoms with van der Waals surface area (Å²) in [6.45, 7) is 2.29. The first-order valence-electron chi connectivity index (χ1n) is 6.80. The number of carboxylic acids is 1. The van der Waals surface area contributed by atoms with Gasteiger partial charge in [-0.15, -0.1) is 0 Å². The van der Waals surface area contributed by atoms with Crippen LogP contribution < -0.4 is 10.1 Å². The van der Waals surface area contributed by atoms with Gasteiger partial charge in [-0.3, -0.25) is 9.59 Å². The molecule has 1 saturated carbocycles. The quantitative estimate of drug-likeness (QED) is 0.798. The Balaban J connectivity index is 1.95. The summed E-state index contributed by atoms with van der Waals surface area (Å²) < 4.78 is 5.66. The van der Waals surface area contributed by atoms with Crippen molar-refractivity contribution in [3.8, 4) is 5.75 Å². The minimum Gasteiger partial charge on any atom is -0.492 e. The normalized spacial score (nSPS) is 15.4. The van der Waals surface area contributed by atoms with Crippen molar-refractivity contribution in [1.82, 2.24) is 5.32 Å². The summed E-state index contributed by atoms with van der Waals surface area (Å²) in [5, 5.41) is 11.4. The second-order valence-electron chi connectivity index (χ2n) is 5.20. The Morgan fingerprint density at radius 2 is 2.10 bits per heavy atom. The van der Waals surface area contributed by atoms with Crippen LogP contribution in [-0.2, 0) is 4.79 Å². The zero-order valence-corrected chi connectivity index (χ0v) is 11.5. The van der Waals surface area contributed by atoms with E-state index in [2.05, 4.69) is 5.32 Å². The molecule has 0 heterocycles. The Morgan fingerprint density at radius 3 is 2.75 bits per heavy atom. The molecular formula is C15H19NO4. The summed E-state index contributed by atoms with van der Waals surface area (Å²) in [6.07, 6.45) is 2.37. The molecule has 0 spiro atoms. The molecule has 1 unspecified atom stereocenters. The second-order valence-corrected chi connectivity index (χ2v) is 5.20. The van der Waals surface area contributed by atoms with Crippen LogP contribution in [0.3, 0.4) is 0 Å². The van der Waals surface area contributed by atoms with Crippen LogP contribution in [0.15, 0.2) is 24.3 Å². The van der Waals surface area contributed by atoms with E-state index in [4.69, 9.17) is 9.84 Å². The van der Waals surface area contributed by atoms with Gasteiger partial charge in [-0.05, 0) is 30.9 Å². The molecule has 2 rings (SSSR count). The van der Waals surface area contributed by atoms with Gasteiger partial charge in [0.15, 0.2) is 0 Å². The fourth-order valence-corrected chi connectivity index (χ4v) is 1.70. The van der Waals surface area contributed by atoms with Gasteiger partial charge in [0.05, 0.1) is 18.1 Å². The number of hydrogen-bond acceptors (Lipinski definition) is 3. The monoisotopic (exact) mass is 277 g/mol. The van der Waals surface area contributed by atoms with Crippen molar-refractivity contribution in [3.05, 3.63) is 29.8 Å². The first-order chi connectivity index (χ1) is 9.58. The highest BCUT2D eigenvalue weighted by Crippen LogP contribution is 2.30. The summed E-state index contributed by atoms with van der Waals surface area (Å²) in [7, 11) is 0. The molecular weight excluding hydrogens is 258 g/mol. The highest BCUT2D eigenvalue weighted by molar-refractivity contribution is 5.97. The molecule has 1 aliphatic rings. The van der Waals surface area contributed by atoms with E-state index in [0.717, 1.165) is 0 Å². The van der Waals surface area contributed by atoms with Crippen molar-refractivity contribution < 1.29 is 19.4 Å². The number of carbonyl (C=O) groups excluding carboxylic acids is 1. The predicted molar refractivity (Wildman–Crippen MR) is 73.8 cm³/mol. The van der Waals surface area contributed by atoms with Crippen LogP contribution in [0.5, 0.6) is 5.75 Å². The van der Waals surface area contributed by atoms with E-state index in [1.165, 1.54) is 12.8 Å². The van der Waals surface area contributed by atoms with Crippen LogP contribution in [0.1, 0.15) is 30.1 Å². The van der Waals surface area contributed by atoms with E-state index in [-0.39, 0.29) is 12.5 Å². The van der Waals surface area contributed by atoms with Crippen LogP contribution >= 0.6 is 0 Å². The number of carbonyl (C=O) groups is 2. The molecule has 0 bridgehead atoms. The van der Waals surface area contributed by atoms with Gasteiger partial charge in [0, 0.05) is 6.54 Å². The number of para-hydroxylation sites is 1. The van der Waals surface area contributed by atoms with Crippen molar-refractivity contribution in [2.24, 2.45) is 11.8 Å². The van der Waals surface area contributed by atoms with Crippen LogP contribution in [0, 0.1) is 11.8 Å². The highest BCUT2D eigenvalue weighted by atomic mass is 16.5. The third-order valence-electron chi connectivity index (χ3n) is 3.29. The number of benzene rings is 1. The molecule has 1 aromatic rings. The van der Waals surface area contributed by atoms with E-state index in [1.807, 2.05) is 6.07 Å². The van der Waals surface area contributed by atoms with Gasteiger partial charge >= 0.3 is 5.97 Å². The van der Waals surface area contributed by atoms with Gasteiger partial charge < -0.3 is 15.2 Å². The predicted octanol–water partition coefficient (Wildman–Crippen LogP) is 1.93. The maximum absolute atomic E-state index is 12.1. The van der Waals surface area contributed by atoms with E-state index >= 15 is 0 Å². The van der Waals surface area contributed by atoms with Crippen molar-refractivity contribution in [3.63, 3.8) is 0 Å². The number of hydrogen-bond donors (Lipinski definition) is 2. The fourth-order valence-electron chi connectivity index (χ4n) is 1.70. The molecule has 5 heteroatoms. The Labute approximate surface area is 117 Å². The maximum Gasteiger partial charge on any atom is 0.308 e. The number of ether oxygens (including phenoxy) is 1. The van der Waals surface area contributed by atoms with Gasteiger partial charge in [-0.1, -0.05) is 19.1 Å². The van der Waals surface area contributed by atoms with Crippen LogP contribution in [0.2, 0.25) is 0 Å². The lowest BCUT2D eigenvalue weighted by Gasteiger charge is -2.12. The first kappa shape index (κ1) is 14.4. The molecule has 0 radical (unpaired) electrons. The molecule has 5 nitrogen and oxygen atoms in total. The first-order valence-corrected chi connectivity index (χ1v) is 6.80. The van der Waals surface area contributed by atoms with Gasteiger partial charge in [0.2, 0.25) is 0 Å². The number of nitrogens with one attached hydrogen (secondary N) is 1. The third kappa shape index (κ3) is 3.98. The van der Waals surface area contributed by atoms with E-state index in [9.17, 15) is 9.59 Å². The second kappa shape index (κ2) is 6.41. The lowest BCUT2D eigenvalue weighted by molar-refractivity contribution is -0.140. The van der Waals surface area contributed by atoms with Crippen molar-refractivity contribution in [2.45, 2.75) is 19.8 Å². The molecule has 1 fully saturated rings. The molecule has 1 atom stereocenters. The standard InChI is InChI=1S/C15H19NO4/c1-10(15(18)19)8-16-14(17)12-4-2-3-5-13(12)20-9-11-6-7-11/h2-5,10-11H,6-9H2,1H3,(H,16,17)(H,18,19). The number of carboxylic acid groups (broad SMARTS) is 1. The summed E-state index contributed by atoms with van der Waals surface area (Å²) in [4.78, 5) is 22.8. The Morgan fingerprint density at radius 1 is 1.40 bits per heavy atom. The maximum atomic E-state index is 12.1. The minimum atomic E-state index is -0.927. The largest absolute Gasteiger partial charge is 0.492 e. The van der Waals surface area contributed by atoms with Crippen molar-refractivity contribution in [1.29, 1.82) is 0 Å². The fraction of sp³-hybridized carbons (Fsp3) is 0.467. The molecule has 1 aromatic carbocycles. The lowest BCUT2D eigenvalue weighted by Crippen LogP contribution is -2.31. The number of amides is 1. The van der Waals surface area contributed by atoms with Crippen LogP contribution in [-0.4, -0.2) is 30.1 Å². The van der Waals surface area contributed by atoms with E-state index in [1.54, 1.807) is 25.1 Å². The van der Waals surface area contributed by atoms with Gasteiger partial charge in [-0.25, -0.2) is 0 Å². The number of rotatable bonds is 7. The number of aliphatic carboxylic acids is 1. The summed E-state index contributed by atoms with van der Waals surface area (Å²) in [6, 6.07) is 7.03. The summed E-state index contributed by atoms with van der Waals surface area (Å²) in [5.74, 6) is -0.676. The van der Waals surface area contributed by atoms with E-state index < -0.39 is 11.9 Å². The average molecular weight is 277 g/mol. The molecule has 1 aliphatic carbocycles. The molecule has 0 aromatic heterocycles. The van der Waals surface area contributed by atoms with Gasteiger partial charge in [0.1, 0.15) is 5.75 Å². The van der Waals surface area contributed by atoms with Gasteiger partial charge in [-0.2, -0.15) is 0 Å². The smallest absolute Gasteiger partial charge is 0.308 e. The average Bonchev–Trinajstić information content (AvgIpc) is 3.26. The molecule has 108 valence electrons. The molecule has 0 aliphatic heterocycles. The molecule has 2 N–H and O–H groups in total. The lowest BCUT2D eigenvalue weighted by atomic mass is 10.1. The zero-order chi connectivity index (χ0) is 14.5. The topological polar surface area (TPSA) is 75.6 Å². The molecule has 1 amide bonds. The summed E-state index contributed by atoms with van der Waals surface area (Å²) >= 11 is 0. The van der Waals surface area contributed by atoms with Crippen LogP contribution in [0.4, 0.5) is 0 Å². The van der Waals surface area contributed by atoms with Crippen LogP contribution in [0.25, 0.3) is 0 Å². The highest BCUT2D eigenvalue weighted by Gasteiger charge is 2.23. The molecule has 0 saturated heterocycles. The van der Waals surface area contributed by atoms with Gasteiger partial charge in [0.25, 0.3) is 5.91 Å². The SMILES string of the molecule is CC(CNC(=O)c1ccccc1OCC1CC1)C(=O)O. The van der Waals surface area contributed by atoms with E-state index in [0.29, 0.717) is 23.8 Å². The summed E-state index contributed by atoms with van der Waals surface area (Å²) in [5.41, 5.74) is 0.450. The Bertz CT molecular complexity index is 496. The molecule has 20 heavy (non-hydrogen) atoms. The Kier molecular flexibility index (Phi) is 4.61. The van der Waals surface area contributed by atoms with Crippen molar-refractivity contribution in [2.75, 3.05) is 13.2 Å².